The number of allylic oxidation sites excluding steroid dienone is 4. The van der Waals surface area contributed by atoms with Gasteiger partial charge in [0.2, 0.25) is 17.4 Å². The highest BCUT2D eigenvalue weighted by molar-refractivity contribution is 5.76. The van der Waals surface area contributed by atoms with E-state index < -0.39 is 5.82 Å². The van der Waals surface area contributed by atoms with Gasteiger partial charge >= 0.3 is 0 Å². The molecule has 2 aromatic rings. The molecular formula is C22H24FN5O2. The molecule has 0 spiro atoms. The standard InChI is InChI=1S/C22H24FN5O2/c23-17-12-25-22(26-16-7-2-6-15(11-16)21(24)30)28-20(17)14-5-1-4-13(10-14)18-8-3-9-19(29)27-18/h1,3-5,8-9,12-13,15-16H,2,6-7,10-11H2,(H2,24,30)(H,27,29)(H,25,26,28)/t13?,15-,16+/m1/s1. The van der Waals surface area contributed by atoms with Gasteiger partial charge in [0, 0.05) is 29.6 Å². The van der Waals surface area contributed by atoms with Crippen molar-refractivity contribution in [3.8, 4) is 0 Å². The summed E-state index contributed by atoms with van der Waals surface area (Å²) in [5.41, 5.74) is 7.03. The highest BCUT2D eigenvalue weighted by atomic mass is 19.1. The minimum Gasteiger partial charge on any atom is -0.369 e. The van der Waals surface area contributed by atoms with Crippen LogP contribution in [-0.2, 0) is 4.79 Å². The molecule has 2 aliphatic carbocycles. The maximum atomic E-state index is 14.6. The monoisotopic (exact) mass is 409 g/mol. The number of nitrogens with two attached hydrogens (primary N) is 1. The molecule has 4 N–H and O–H groups in total. The van der Waals surface area contributed by atoms with E-state index in [0.29, 0.717) is 18.8 Å². The Kier molecular flexibility index (Phi) is 5.74. The van der Waals surface area contributed by atoms with Crippen LogP contribution in [-0.4, -0.2) is 26.9 Å². The third-order valence-corrected chi connectivity index (χ3v) is 5.73. The molecule has 0 radical (unpaired) electrons. The molecule has 0 aliphatic heterocycles. The first-order valence-electron chi connectivity index (χ1n) is 10.1. The summed E-state index contributed by atoms with van der Waals surface area (Å²) < 4.78 is 14.6. The molecule has 3 atom stereocenters. The lowest BCUT2D eigenvalue weighted by molar-refractivity contribution is -0.122. The summed E-state index contributed by atoms with van der Waals surface area (Å²) in [5.74, 6) is -0.676. The van der Waals surface area contributed by atoms with E-state index in [-0.39, 0.29) is 35.0 Å². The molecule has 2 heterocycles. The SMILES string of the molecule is NC(=O)[C@@H]1CCC[C@H](Nc2ncc(F)c(C3=CC=CC(c4cccc(=O)[nH]4)C3)n2)C1. The van der Waals surface area contributed by atoms with Gasteiger partial charge in [0.15, 0.2) is 5.82 Å². The summed E-state index contributed by atoms with van der Waals surface area (Å²) >= 11 is 0. The summed E-state index contributed by atoms with van der Waals surface area (Å²) in [6.07, 6.45) is 10.5. The maximum absolute atomic E-state index is 14.6. The number of aromatic nitrogens is 3. The molecule has 0 bridgehead atoms. The molecule has 0 aromatic carbocycles. The van der Waals surface area contributed by atoms with Crippen molar-refractivity contribution in [3.05, 3.63) is 70.2 Å². The molecular weight excluding hydrogens is 385 g/mol. The average molecular weight is 409 g/mol. The third-order valence-electron chi connectivity index (χ3n) is 5.73. The second kappa shape index (κ2) is 8.61. The zero-order valence-corrected chi connectivity index (χ0v) is 16.5. The molecule has 30 heavy (non-hydrogen) atoms. The molecule has 7 nitrogen and oxygen atoms in total. The zero-order valence-electron chi connectivity index (χ0n) is 16.5. The minimum absolute atomic E-state index is 0.0249. The van der Waals surface area contributed by atoms with E-state index in [2.05, 4.69) is 20.3 Å². The Morgan fingerprint density at radius 3 is 2.97 bits per heavy atom. The second-order valence-electron chi connectivity index (χ2n) is 7.86. The van der Waals surface area contributed by atoms with Crippen LogP contribution in [0.5, 0.6) is 0 Å². The predicted molar refractivity (Wildman–Crippen MR) is 112 cm³/mol. The summed E-state index contributed by atoms with van der Waals surface area (Å²) in [4.78, 5) is 34.5. The number of halogens is 1. The zero-order chi connectivity index (χ0) is 21.1. The first-order valence-corrected chi connectivity index (χ1v) is 10.1. The predicted octanol–water partition coefficient (Wildman–Crippen LogP) is 2.89. The molecule has 4 rings (SSSR count). The van der Waals surface area contributed by atoms with E-state index in [9.17, 15) is 14.0 Å². The Bertz CT molecular complexity index is 1060. The number of H-pyrrole nitrogens is 1. The second-order valence-corrected chi connectivity index (χ2v) is 7.86. The van der Waals surface area contributed by atoms with Crippen LogP contribution in [0.15, 0.2) is 47.4 Å². The van der Waals surface area contributed by atoms with Crippen molar-refractivity contribution in [3.63, 3.8) is 0 Å². The number of carbonyl (C=O) groups excluding carboxylic acids is 1. The Morgan fingerprint density at radius 1 is 1.30 bits per heavy atom. The van der Waals surface area contributed by atoms with E-state index >= 15 is 0 Å². The molecule has 2 aliphatic rings. The molecule has 2 aromatic heterocycles. The molecule has 156 valence electrons. The van der Waals surface area contributed by atoms with E-state index in [1.165, 1.54) is 6.07 Å². The van der Waals surface area contributed by atoms with Gasteiger partial charge in [0.1, 0.15) is 5.69 Å². The van der Waals surface area contributed by atoms with Gasteiger partial charge in [-0.15, -0.1) is 0 Å². The number of primary amides is 1. The lowest BCUT2D eigenvalue weighted by Crippen LogP contribution is -2.34. The van der Waals surface area contributed by atoms with Gasteiger partial charge in [-0.1, -0.05) is 30.7 Å². The highest BCUT2D eigenvalue weighted by Gasteiger charge is 2.26. The first-order chi connectivity index (χ1) is 14.5. The van der Waals surface area contributed by atoms with Gasteiger partial charge in [-0.2, -0.15) is 0 Å². The van der Waals surface area contributed by atoms with Crippen LogP contribution in [0.3, 0.4) is 0 Å². The van der Waals surface area contributed by atoms with Gasteiger partial charge in [-0.25, -0.2) is 14.4 Å². The molecule has 1 unspecified atom stereocenters. The summed E-state index contributed by atoms with van der Waals surface area (Å²) in [5, 5.41) is 3.23. The molecule has 1 amide bonds. The fraction of sp³-hybridized carbons (Fsp3) is 0.364. The Labute approximate surface area is 173 Å². The fourth-order valence-electron chi connectivity index (χ4n) is 4.17. The molecule has 8 heteroatoms. The third kappa shape index (κ3) is 4.48. The summed E-state index contributed by atoms with van der Waals surface area (Å²) in [6.45, 7) is 0. The van der Waals surface area contributed by atoms with Crippen molar-refractivity contribution in [1.82, 2.24) is 15.0 Å². The van der Waals surface area contributed by atoms with Gasteiger partial charge < -0.3 is 16.0 Å². The van der Waals surface area contributed by atoms with E-state index in [1.54, 1.807) is 6.07 Å². The van der Waals surface area contributed by atoms with E-state index in [1.807, 2.05) is 24.3 Å². The fourth-order valence-corrected chi connectivity index (χ4v) is 4.17. The first kappa shape index (κ1) is 20.0. The average Bonchev–Trinajstić information content (AvgIpc) is 2.75. The Balaban J connectivity index is 1.52. The van der Waals surface area contributed by atoms with Crippen LogP contribution in [0.25, 0.3) is 5.57 Å². The highest BCUT2D eigenvalue weighted by Crippen LogP contribution is 2.33. The maximum Gasteiger partial charge on any atom is 0.248 e. The minimum atomic E-state index is -0.499. The number of hydrogen-bond acceptors (Lipinski definition) is 5. The van der Waals surface area contributed by atoms with Crippen LogP contribution >= 0.6 is 0 Å². The number of nitrogens with one attached hydrogen (secondary N) is 2. The normalized spacial score (nSPS) is 23.6. The topological polar surface area (TPSA) is 114 Å². The van der Waals surface area contributed by atoms with E-state index in [4.69, 9.17) is 5.73 Å². The number of pyridine rings is 1. The van der Waals surface area contributed by atoms with Crippen molar-refractivity contribution < 1.29 is 9.18 Å². The van der Waals surface area contributed by atoms with Crippen LogP contribution in [0.1, 0.15) is 49.4 Å². The van der Waals surface area contributed by atoms with Gasteiger partial charge in [0.05, 0.1) is 6.20 Å². The van der Waals surface area contributed by atoms with Gasteiger partial charge in [0.25, 0.3) is 0 Å². The van der Waals surface area contributed by atoms with E-state index in [0.717, 1.165) is 36.7 Å². The molecule has 1 saturated carbocycles. The van der Waals surface area contributed by atoms with Crippen molar-refractivity contribution in [1.29, 1.82) is 0 Å². The largest absolute Gasteiger partial charge is 0.369 e. The molecule has 0 saturated heterocycles. The number of anilines is 1. The Hall–Kier alpha value is -3.29. The van der Waals surface area contributed by atoms with Crippen molar-refractivity contribution in [2.24, 2.45) is 11.7 Å². The number of aromatic amines is 1. The number of hydrogen-bond donors (Lipinski definition) is 3. The number of amides is 1. The number of rotatable bonds is 5. The lowest BCUT2D eigenvalue weighted by atomic mass is 9.85. The summed E-state index contributed by atoms with van der Waals surface area (Å²) in [7, 11) is 0. The summed E-state index contributed by atoms with van der Waals surface area (Å²) in [6, 6.07) is 5.04. The number of carbonyl (C=O) groups is 1. The molecule has 1 fully saturated rings. The van der Waals surface area contributed by atoms with Crippen LogP contribution in [0.2, 0.25) is 0 Å². The van der Waals surface area contributed by atoms with Crippen LogP contribution in [0, 0.1) is 11.7 Å². The smallest absolute Gasteiger partial charge is 0.248 e. The van der Waals surface area contributed by atoms with Crippen molar-refractivity contribution in [2.45, 2.75) is 44.1 Å². The van der Waals surface area contributed by atoms with Gasteiger partial charge in [-0.3, -0.25) is 9.59 Å². The van der Waals surface area contributed by atoms with Crippen LogP contribution in [0.4, 0.5) is 10.3 Å². The van der Waals surface area contributed by atoms with Crippen LogP contribution < -0.4 is 16.6 Å². The van der Waals surface area contributed by atoms with Crippen molar-refractivity contribution >= 4 is 17.4 Å². The Morgan fingerprint density at radius 2 is 2.17 bits per heavy atom. The quantitative estimate of drug-likeness (QED) is 0.703. The van der Waals surface area contributed by atoms with Crippen molar-refractivity contribution in [2.75, 3.05) is 5.32 Å². The lowest BCUT2D eigenvalue weighted by Gasteiger charge is -2.28. The number of nitrogens with zero attached hydrogens (tertiary/aromatic N) is 2. The van der Waals surface area contributed by atoms with Gasteiger partial charge in [-0.05, 0) is 37.3 Å².